The SMILES string of the molecule is COc1cccc(CC(NN)c2cccc(C)c2)c1. The number of hydrazine groups is 1. The predicted octanol–water partition coefficient (Wildman–Crippen LogP) is 2.75. The second-order valence-corrected chi connectivity index (χ2v) is 4.69. The van der Waals surface area contributed by atoms with E-state index in [2.05, 4.69) is 42.7 Å². The topological polar surface area (TPSA) is 47.3 Å². The fourth-order valence-corrected chi connectivity index (χ4v) is 2.20. The number of nitrogens with two attached hydrogens (primary N) is 1. The van der Waals surface area contributed by atoms with Gasteiger partial charge in [-0.15, -0.1) is 0 Å². The molecule has 1 atom stereocenters. The molecule has 0 amide bonds. The number of ether oxygens (including phenoxy) is 1. The van der Waals surface area contributed by atoms with E-state index in [-0.39, 0.29) is 6.04 Å². The first-order chi connectivity index (χ1) is 9.22. The van der Waals surface area contributed by atoms with Crippen LogP contribution < -0.4 is 16.0 Å². The number of aryl methyl sites for hydroxylation is 1. The molecule has 0 radical (unpaired) electrons. The molecule has 2 rings (SSSR count). The van der Waals surface area contributed by atoms with E-state index in [4.69, 9.17) is 10.6 Å². The standard InChI is InChI=1S/C16H20N2O/c1-12-5-3-7-14(9-12)16(18-17)11-13-6-4-8-15(10-13)19-2/h3-10,16,18H,11,17H2,1-2H3. The summed E-state index contributed by atoms with van der Waals surface area (Å²) in [4.78, 5) is 0. The maximum atomic E-state index is 5.69. The van der Waals surface area contributed by atoms with Crippen LogP contribution in [0, 0.1) is 6.92 Å². The minimum Gasteiger partial charge on any atom is -0.497 e. The lowest BCUT2D eigenvalue weighted by Gasteiger charge is -2.17. The van der Waals surface area contributed by atoms with Gasteiger partial charge in [0.1, 0.15) is 5.75 Å². The largest absolute Gasteiger partial charge is 0.497 e. The molecule has 0 spiro atoms. The molecule has 0 saturated carbocycles. The van der Waals surface area contributed by atoms with Crippen LogP contribution in [0.25, 0.3) is 0 Å². The highest BCUT2D eigenvalue weighted by Gasteiger charge is 2.11. The molecule has 19 heavy (non-hydrogen) atoms. The van der Waals surface area contributed by atoms with E-state index in [9.17, 15) is 0 Å². The van der Waals surface area contributed by atoms with Crippen molar-refractivity contribution < 1.29 is 4.74 Å². The second kappa shape index (κ2) is 6.36. The summed E-state index contributed by atoms with van der Waals surface area (Å²) in [7, 11) is 1.68. The van der Waals surface area contributed by atoms with E-state index < -0.39 is 0 Å². The number of rotatable bonds is 5. The van der Waals surface area contributed by atoms with E-state index in [0.717, 1.165) is 12.2 Å². The Labute approximate surface area is 114 Å². The minimum atomic E-state index is 0.104. The predicted molar refractivity (Wildman–Crippen MR) is 77.9 cm³/mol. The summed E-state index contributed by atoms with van der Waals surface area (Å²) in [5, 5.41) is 0. The molecule has 0 fully saturated rings. The molecular formula is C16H20N2O. The molecule has 0 heterocycles. The van der Waals surface area contributed by atoms with Crippen molar-refractivity contribution in [1.82, 2.24) is 5.43 Å². The number of methoxy groups -OCH3 is 1. The Morgan fingerprint density at radius 2 is 1.95 bits per heavy atom. The molecule has 3 heteroatoms. The van der Waals surface area contributed by atoms with Gasteiger partial charge >= 0.3 is 0 Å². The van der Waals surface area contributed by atoms with Crippen LogP contribution in [0.5, 0.6) is 5.75 Å². The van der Waals surface area contributed by atoms with Gasteiger partial charge in [0.25, 0.3) is 0 Å². The highest BCUT2D eigenvalue weighted by atomic mass is 16.5. The number of hydrogen-bond donors (Lipinski definition) is 2. The van der Waals surface area contributed by atoms with E-state index in [0.29, 0.717) is 0 Å². The summed E-state index contributed by atoms with van der Waals surface area (Å²) in [5.41, 5.74) is 6.53. The molecule has 0 aliphatic carbocycles. The van der Waals surface area contributed by atoms with Crippen molar-refractivity contribution in [2.24, 2.45) is 5.84 Å². The third-order valence-corrected chi connectivity index (χ3v) is 3.22. The fourth-order valence-electron chi connectivity index (χ4n) is 2.20. The molecule has 0 bridgehead atoms. The Morgan fingerprint density at radius 1 is 1.16 bits per heavy atom. The van der Waals surface area contributed by atoms with Crippen LogP contribution in [0.1, 0.15) is 22.7 Å². The summed E-state index contributed by atoms with van der Waals surface area (Å²) in [6.45, 7) is 2.09. The van der Waals surface area contributed by atoms with E-state index in [1.807, 2.05) is 18.2 Å². The average Bonchev–Trinajstić information content (AvgIpc) is 2.45. The average molecular weight is 256 g/mol. The van der Waals surface area contributed by atoms with E-state index in [1.165, 1.54) is 16.7 Å². The normalized spacial score (nSPS) is 12.2. The quantitative estimate of drug-likeness (QED) is 0.639. The Morgan fingerprint density at radius 3 is 2.63 bits per heavy atom. The van der Waals surface area contributed by atoms with Crippen molar-refractivity contribution >= 4 is 0 Å². The Hall–Kier alpha value is -1.84. The van der Waals surface area contributed by atoms with Crippen molar-refractivity contribution in [2.45, 2.75) is 19.4 Å². The van der Waals surface area contributed by atoms with Gasteiger partial charge in [-0.25, -0.2) is 0 Å². The maximum Gasteiger partial charge on any atom is 0.119 e. The van der Waals surface area contributed by atoms with Crippen LogP contribution in [-0.4, -0.2) is 7.11 Å². The van der Waals surface area contributed by atoms with Crippen molar-refractivity contribution in [3.05, 3.63) is 65.2 Å². The monoisotopic (exact) mass is 256 g/mol. The summed E-state index contributed by atoms with van der Waals surface area (Å²) < 4.78 is 5.24. The molecule has 2 aromatic rings. The second-order valence-electron chi connectivity index (χ2n) is 4.69. The van der Waals surface area contributed by atoms with Gasteiger partial charge in [0, 0.05) is 6.04 Å². The lowest BCUT2D eigenvalue weighted by atomic mass is 9.98. The van der Waals surface area contributed by atoms with Crippen LogP contribution in [-0.2, 0) is 6.42 Å². The van der Waals surface area contributed by atoms with Crippen molar-refractivity contribution in [3.8, 4) is 5.75 Å². The summed E-state index contributed by atoms with van der Waals surface area (Å²) >= 11 is 0. The lowest BCUT2D eigenvalue weighted by Crippen LogP contribution is -2.29. The van der Waals surface area contributed by atoms with Crippen molar-refractivity contribution in [2.75, 3.05) is 7.11 Å². The Bertz CT molecular complexity index is 540. The van der Waals surface area contributed by atoms with Crippen molar-refractivity contribution in [3.63, 3.8) is 0 Å². The first-order valence-corrected chi connectivity index (χ1v) is 6.38. The molecule has 0 aliphatic heterocycles. The van der Waals surface area contributed by atoms with Crippen molar-refractivity contribution in [1.29, 1.82) is 0 Å². The van der Waals surface area contributed by atoms with Crippen LogP contribution in [0.15, 0.2) is 48.5 Å². The number of nitrogens with one attached hydrogen (secondary N) is 1. The minimum absolute atomic E-state index is 0.104. The van der Waals surface area contributed by atoms with Gasteiger partial charge in [-0.3, -0.25) is 11.3 Å². The van der Waals surface area contributed by atoms with Gasteiger partial charge in [0.2, 0.25) is 0 Å². The van der Waals surface area contributed by atoms with Gasteiger partial charge in [-0.2, -0.15) is 0 Å². The summed E-state index contributed by atoms with van der Waals surface area (Å²) in [6.07, 6.45) is 0.831. The third-order valence-electron chi connectivity index (χ3n) is 3.22. The third kappa shape index (κ3) is 3.56. The number of benzene rings is 2. The molecule has 0 aliphatic rings. The molecule has 3 N–H and O–H groups in total. The highest BCUT2D eigenvalue weighted by Crippen LogP contribution is 2.21. The van der Waals surface area contributed by atoms with Gasteiger partial charge in [0.15, 0.2) is 0 Å². The fraction of sp³-hybridized carbons (Fsp3) is 0.250. The maximum absolute atomic E-state index is 5.69. The molecule has 0 saturated heterocycles. The van der Waals surface area contributed by atoms with Gasteiger partial charge in [-0.1, -0.05) is 42.0 Å². The molecular weight excluding hydrogens is 236 g/mol. The first kappa shape index (κ1) is 13.6. The Kier molecular flexibility index (Phi) is 4.55. The van der Waals surface area contributed by atoms with Crippen LogP contribution >= 0.6 is 0 Å². The summed E-state index contributed by atoms with van der Waals surface area (Å²) in [6, 6.07) is 16.6. The molecule has 100 valence electrons. The smallest absolute Gasteiger partial charge is 0.119 e. The van der Waals surface area contributed by atoms with E-state index >= 15 is 0 Å². The molecule has 0 aromatic heterocycles. The first-order valence-electron chi connectivity index (χ1n) is 6.38. The molecule has 3 nitrogen and oxygen atoms in total. The van der Waals surface area contributed by atoms with Gasteiger partial charge in [0.05, 0.1) is 7.11 Å². The van der Waals surface area contributed by atoms with Crippen LogP contribution in [0.4, 0.5) is 0 Å². The summed E-state index contributed by atoms with van der Waals surface area (Å²) in [5.74, 6) is 6.56. The zero-order valence-electron chi connectivity index (χ0n) is 11.4. The zero-order chi connectivity index (χ0) is 13.7. The Balaban J connectivity index is 2.18. The molecule has 2 aromatic carbocycles. The zero-order valence-corrected chi connectivity index (χ0v) is 11.4. The van der Waals surface area contributed by atoms with Crippen LogP contribution in [0.2, 0.25) is 0 Å². The molecule has 1 unspecified atom stereocenters. The highest BCUT2D eigenvalue weighted by molar-refractivity contribution is 5.31. The van der Waals surface area contributed by atoms with Crippen LogP contribution in [0.3, 0.4) is 0 Å². The van der Waals surface area contributed by atoms with E-state index in [1.54, 1.807) is 7.11 Å². The van der Waals surface area contributed by atoms with Gasteiger partial charge < -0.3 is 4.74 Å². The number of hydrogen-bond acceptors (Lipinski definition) is 3. The van der Waals surface area contributed by atoms with Gasteiger partial charge in [-0.05, 0) is 36.6 Å². The lowest BCUT2D eigenvalue weighted by molar-refractivity contribution is 0.414.